The fourth-order valence-electron chi connectivity index (χ4n) is 3.60. The van der Waals surface area contributed by atoms with Crippen LogP contribution in [-0.4, -0.2) is 56.3 Å². The molecule has 1 fully saturated rings. The summed E-state index contributed by atoms with van der Waals surface area (Å²) in [4.78, 5) is 12.5. The second-order valence-corrected chi connectivity index (χ2v) is 11.0. The van der Waals surface area contributed by atoms with E-state index >= 15 is 0 Å². The number of nitrogens with zero attached hydrogens (tertiary/aromatic N) is 1. The number of benzene rings is 2. The van der Waals surface area contributed by atoms with Crippen LogP contribution < -0.4 is 5.32 Å². The zero-order valence-corrected chi connectivity index (χ0v) is 19.9. The van der Waals surface area contributed by atoms with E-state index < -0.39 is 33.8 Å². The van der Waals surface area contributed by atoms with Crippen molar-refractivity contribution in [2.45, 2.75) is 56.7 Å². The van der Waals surface area contributed by atoms with Crippen LogP contribution in [0.3, 0.4) is 0 Å². The summed E-state index contributed by atoms with van der Waals surface area (Å²) in [6, 6.07) is 15.6. The quantitative estimate of drug-likeness (QED) is 0.738. The van der Waals surface area contributed by atoms with Crippen molar-refractivity contribution in [2.75, 3.05) is 19.8 Å². The Labute approximate surface area is 190 Å². The van der Waals surface area contributed by atoms with Gasteiger partial charge in [0, 0.05) is 6.54 Å². The number of carbonyl (C=O) groups is 1. The highest BCUT2D eigenvalue weighted by molar-refractivity contribution is 7.89. The molecule has 1 N–H and O–H groups in total. The molecule has 1 amide bonds. The normalized spacial score (nSPS) is 20.4. The lowest BCUT2D eigenvalue weighted by molar-refractivity contribution is 0.0462. The number of sulfonamides is 1. The lowest BCUT2D eigenvalue weighted by Crippen LogP contribution is -2.50. The summed E-state index contributed by atoms with van der Waals surface area (Å²) >= 11 is 0. The standard InChI is InChI=1S/C24H32N2O5S/c1-18-10-12-22(13-11-18)32(28,29)26-15-20(25-23(27)31-24(2,3)4)16-30-17-21(26)14-19-8-6-5-7-9-19/h5-13,20-21H,14-17H2,1-4H3,(H,25,27)/t20-,21+/m1/s1. The molecule has 8 heteroatoms. The molecule has 3 rings (SSSR count). The molecule has 1 aliphatic heterocycles. The van der Waals surface area contributed by atoms with Crippen molar-refractivity contribution < 1.29 is 22.7 Å². The highest BCUT2D eigenvalue weighted by Gasteiger charge is 2.37. The van der Waals surface area contributed by atoms with Crippen LogP contribution in [0.15, 0.2) is 59.5 Å². The molecule has 0 aromatic heterocycles. The number of hydrogen-bond donors (Lipinski definition) is 1. The maximum Gasteiger partial charge on any atom is 0.407 e. The van der Waals surface area contributed by atoms with Crippen LogP contribution in [0.2, 0.25) is 0 Å². The number of amides is 1. The van der Waals surface area contributed by atoms with Crippen molar-refractivity contribution in [3.8, 4) is 0 Å². The molecule has 2 aromatic rings. The van der Waals surface area contributed by atoms with Crippen molar-refractivity contribution in [3.63, 3.8) is 0 Å². The summed E-state index contributed by atoms with van der Waals surface area (Å²) in [6.07, 6.45) is -0.0919. The summed E-state index contributed by atoms with van der Waals surface area (Å²) in [5.41, 5.74) is 1.34. The number of rotatable bonds is 5. The molecule has 0 unspecified atom stereocenters. The smallest absolute Gasteiger partial charge is 0.407 e. The molecule has 0 spiro atoms. The predicted octanol–water partition coefficient (Wildman–Crippen LogP) is 3.52. The lowest BCUT2D eigenvalue weighted by atomic mass is 10.1. The Bertz CT molecular complexity index is 1000. The van der Waals surface area contributed by atoms with E-state index in [2.05, 4.69) is 5.32 Å². The molecule has 0 saturated carbocycles. The number of aryl methyl sites for hydroxylation is 1. The first-order chi connectivity index (χ1) is 15.0. The van der Waals surface area contributed by atoms with E-state index in [4.69, 9.17) is 9.47 Å². The summed E-state index contributed by atoms with van der Waals surface area (Å²) in [5, 5.41) is 2.77. The van der Waals surface area contributed by atoms with Gasteiger partial charge in [-0.3, -0.25) is 0 Å². The largest absolute Gasteiger partial charge is 0.444 e. The number of nitrogens with one attached hydrogen (secondary N) is 1. The Morgan fingerprint density at radius 3 is 2.38 bits per heavy atom. The first-order valence-corrected chi connectivity index (χ1v) is 12.2. The molecule has 0 bridgehead atoms. The van der Waals surface area contributed by atoms with E-state index in [0.29, 0.717) is 6.42 Å². The minimum Gasteiger partial charge on any atom is -0.444 e. The first kappa shape index (κ1) is 24.2. The zero-order chi connectivity index (χ0) is 23.4. The lowest BCUT2D eigenvalue weighted by Gasteiger charge is -2.30. The van der Waals surface area contributed by atoms with Gasteiger partial charge >= 0.3 is 6.09 Å². The predicted molar refractivity (Wildman–Crippen MR) is 123 cm³/mol. The Kier molecular flexibility index (Phi) is 7.59. The molecule has 174 valence electrons. The zero-order valence-electron chi connectivity index (χ0n) is 19.1. The van der Waals surface area contributed by atoms with E-state index in [0.717, 1.165) is 11.1 Å². The summed E-state index contributed by atoms with van der Waals surface area (Å²) in [7, 11) is -3.81. The van der Waals surface area contributed by atoms with Crippen molar-refractivity contribution in [1.82, 2.24) is 9.62 Å². The van der Waals surface area contributed by atoms with Gasteiger partial charge < -0.3 is 14.8 Å². The second kappa shape index (κ2) is 10.0. The third-order valence-electron chi connectivity index (χ3n) is 5.10. The van der Waals surface area contributed by atoms with Crippen LogP contribution in [0.25, 0.3) is 0 Å². The van der Waals surface area contributed by atoms with Crippen molar-refractivity contribution in [2.24, 2.45) is 0 Å². The van der Waals surface area contributed by atoms with Gasteiger partial charge in [-0.25, -0.2) is 13.2 Å². The van der Waals surface area contributed by atoms with Gasteiger partial charge in [-0.05, 0) is 51.8 Å². The van der Waals surface area contributed by atoms with E-state index in [-0.39, 0.29) is 24.7 Å². The minimum atomic E-state index is -3.81. The van der Waals surface area contributed by atoms with Gasteiger partial charge in [0.2, 0.25) is 10.0 Å². The van der Waals surface area contributed by atoms with Crippen molar-refractivity contribution >= 4 is 16.1 Å². The van der Waals surface area contributed by atoms with Crippen LogP contribution in [0, 0.1) is 6.92 Å². The monoisotopic (exact) mass is 460 g/mol. The number of alkyl carbamates (subject to hydrolysis) is 1. The van der Waals surface area contributed by atoms with Crippen molar-refractivity contribution in [3.05, 3.63) is 65.7 Å². The van der Waals surface area contributed by atoms with E-state index in [1.165, 1.54) is 4.31 Å². The summed E-state index contributed by atoms with van der Waals surface area (Å²) in [5.74, 6) is 0. The van der Waals surface area contributed by atoms with Crippen molar-refractivity contribution in [1.29, 1.82) is 0 Å². The molecule has 1 saturated heterocycles. The molecular weight excluding hydrogens is 428 g/mol. The highest BCUT2D eigenvalue weighted by atomic mass is 32.2. The Morgan fingerprint density at radius 1 is 1.09 bits per heavy atom. The summed E-state index contributed by atoms with van der Waals surface area (Å²) < 4.78 is 39.9. The molecule has 32 heavy (non-hydrogen) atoms. The number of ether oxygens (including phenoxy) is 2. The molecular formula is C24H32N2O5S. The van der Waals surface area contributed by atoms with Crippen LogP contribution in [0.4, 0.5) is 4.79 Å². The molecule has 1 aliphatic rings. The summed E-state index contributed by atoms with van der Waals surface area (Å²) in [6.45, 7) is 7.76. The topological polar surface area (TPSA) is 84.9 Å². The Balaban J connectivity index is 1.88. The Hall–Kier alpha value is -2.42. The number of carbonyl (C=O) groups excluding carboxylic acids is 1. The van der Waals surface area contributed by atoms with E-state index in [1.54, 1.807) is 45.0 Å². The van der Waals surface area contributed by atoms with Crippen LogP contribution in [0.5, 0.6) is 0 Å². The fourth-order valence-corrected chi connectivity index (χ4v) is 5.25. The first-order valence-electron chi connectivity index (χ1n) is 10.7. The highest BCUT2D eigenvalue weighted by Crippen LogP contribution is 2.24. The average molecular weight is 461 g/mol. The third kappa shape index (κ3) is 6.54. The van der Waals surface area contributed by atoms with E-state index in [9.17, 15) is 13.2 Å². The fraction of sp³-hybridized carbons (Fsp3) is 0.458. The molecule has 0 radical (unpaired) electrons. The van der Waals surface area contributed by atoms with Gasteiger partial charge in [-0.15, -0.1) is 0 Å². The molecule has 7 nitrogen and oxygen atoms in total. The van der Waals surface area contributed by atoms with Gasteiger partial charge in [0.25, 0.3) is 0 Å². The molecule has 1 heterocycles. The molecule has 2 aromatic carbocycles. The van der Waals surface area contributed by atoms with Gasteiger partial charge in [-0.1, -0.05) is 48.0 Å². The SMILES string of the molecule is Cc1ccc(S(=O)(=O)N2C[C@@H](NC(=O)OC(C)(C)C)COC[C@@H]2Cc2ccccc2)cc1. The van der Waals surface area contributed by atoms with Crippen LogP contribution in [0.1, 0.15) is 31.9 Å². The minimum absolute atomic E-state index is 0.0902. The third-order valence-corrected chi connectivity index (χ3v) is 7.03. The van der Waals surface area contributed by atoms with Gasteiger partial charge in [0.05, 0.1) is 30.2 Å². The van der Waals surface area contributed by atoms with Gasteiger partial charge in [0.1, 0.15) is 5.60 Å². The van der Waals surface area contributed by atoms with Gasteiger partial charge in [-0.2, -0.15) is 4.31 Å². The number of hydrogen-bond acceptors (Lipinski definition) is 5. The second-order valence-electron chi connectivity index (χ2n) is 9.11. The van der Waals surface area contributed by atoms with Gasteiger partial charge in [0.15, 0.2) is 0 Å². The van der Waals surface area contributed by atoms with E-state index in [1.807, 2.05) is 37.3 Å². The maximum atomic E-state index is 13.6. The molecule has 2 atom stereocenters. The van der Waals surface area contributed by atoms with Crippen LogP contribution >= 0.6 is 0 Å². The molecule has 0 aliphatic carbocycles. The van der Waals surface area contributed by atoms with Crippen LogP contribution in [-0.2, 0) is 25.9 Å². The maximum absolute atomic E-state index is 13.6. The Morgan fingerprint density at radius 2 is 1.75 bits per heavy atom. The average Bonchev–Trinajstić information content (AvgIpc) is 2.90.